The van der Waals surface area contributed by atoms with Crippen LogP contribution in [0.15, 0.2) is 0 Å². The molecule has 0 aliphatic carbocycles. The predicted molar refractivity (Wildman–Crippen MR) is 110 cm³/mol. The normalized spacial score (nSPS) is 10.7. The van der Waals surface area contributed by atoms with E-state index in [1.54, 1.807) is 4.90 Å². The number of amides is 1. The van der Waals surface area contributed by atoms with E-state index in [1.807, 2.05) is 0 Å². The molecule has 1 amide bonds. The van der Waals surface area contributed by atoms with Crippen LogP contribution in [0.4, 0.5) is 0 Å². The number of rotatable bonds is 20. The molecule has 0 rings (SSSR count). The number of ketones is 1. The summed E-state index contributed by atoms with van der Waals surface area (Å²) in [4.78, 5) is 46.7. The molecule has 0 unspecified atom stereocenters. The summed E-state index contributed by atoms with van der Waals surface area (Å²) in [5, 5.41) is 11.2. The van der Waals surface area contributed by atoms with E-state index in [-0.39, 0.29) is 62.8 Å². The highest BCUT2D eigenvalue weighted by Gasteiger charge is 2.10. The molecule has 0 radical (unpaired) electrons. The Bertz CT molecular complexity index is 529. The predicted octanol–water partition coefficient (Wildman–Crippen LogP) is -0.704. The number of hydrogen-bond donors (Lipinski definition) is 2. The maximum absolute atomic E-state index is 11.8. The summed E-state index contributed by atoms with van der Waals surface area (Å²) in [7, 11) is 0. The number of carbonyl (C=O) groups excluding carboxylic acids is 4. The Morgan fingerprint density at radius 2 is 1.48 bits per heavy atom. The SMILES string of the molecule is CC(=O)CN(CCOC(C)=O)CCOC(=O)CCCOCCOCCNC(=O)CCO. The molecule has 2 N–H and O–H groups in total. The van der Waals surface area contributed by atoms with Crippen molar-refractivity contribution >= 4 is 23.6 Å². The highest BCUT2D eigenvalue weighted by molar-refractivity contribution is 5.77. The van der Waals surface area contributed by atoms with Gasteiger partial charge in [-0.2, -0.15) is 0 Å². The Hall–Kier alpha value is -2.08. The van der Waals surface area contributed by atoms with Gasteiger partial charge in [0, 0.05) is 46.0 Å². The topological polar surface area (TPSA) is 141 Å². The Morgan fingerprint density at radius 1 is 0.839 bits per heavy atom. The van der Waals surface area contributed by atoms with Crippen molar-refractivity contribution in [3.05, 3.63) is 0 Å². The second-order valence-corrected chi connectivity index (χ2v) is 6.69. The summed E-state index contributed by atoms with van der Waals surface area (Å²) in [6, 6.07) is 0. The molecule has 0 aromatic carbocycles. The van der Waals surface area contributed by atoms with E-state index in [0.29, 0.717) is 52.5 Å². The van der Waals surface area contributed by atoms with Gasteiger partial charge in [0.25, 0.3) is 0 Å². The number of nitrogens with zero attached hydrogens (tertiary/aromatic N) is 1. The van der Waals surface area contributed by atoms with Gasteiger partial charge >= 0.3 is 11.9 Å². The fraction of sp³-hybridized carbons (Fsp3) is 0.800. The van der Waals surface area contributed by atoms with Crippen molar-refractivity contribution in [3.8, 4) is 0 Å². The summed E-state index contributed by atoms with van der Waals surface area (Å²) < 4.78 is 20.7. The summed E-state index contributed by atoms with van der Waals surface area (Å²) >= 11 is 0. The monoisotopic (exact) mass is 448 g/mol. The van der Waals surface area contributed by atoms with Crippen LogP contribution in [-0.2, 0) is 38.1 Å². The fourth-order valence-electron chi connectivity index (χ4n) is 2.36. The van der Waals surface area contributed by atoms with E-state index in [1.165, 1.54) is 13.8 Å². The van der Waals surface area contributed by atoms with Crippen LogP contribution in [0.2, 0.25) is 0 Å². The van der Waals surface area contributed by atoms with Gasteiger partial charge in [0.05, 0.1) is 33.0 Å². The lowest BCUT2D eigenvalue weighted by atomic mass is 10.3. The van der Waals surface area contributed by atoms with Gasteiger partial charge in [0.15, 0.2) is 0 Å². The van der Waals surface area contributed by atoms with Crippen LogP contribution in [-0.4, -0.2) is 106 Å². The molecule has 0 aliphatic heterocycles. The molecule has 11 nitrogen and oxygen atoms in total. The molecule has 0 spiro atoms. The third-order valence-corrected chi connectivity index (χ3v) is 3.78. The third-order valence-electron chi connectivity index (χ3n) is 3.78. The number of aliphatic hydroxyl groups is 1. The summed E-state index contributed by atoms with van der Waals surface area (Å²) in [6.45, 7) is 5.77. The van der Waals surface area contributed by atoms with E-state index in [9.17, 15) is 19.2 Å². The highest BCUT2D eigenvalue weighted by atomic mass is 16.5. The number of Topliss-reactive ketones (excluding diaryl/α,β-unsaturated/α-hetero) is 1. The zero-order valence-electron chi connectivity index (χ0n) is 18.6. The third kappa shape index (κ3) is 21.0. The van der Waals surface area contributed by atoms with Gasteiger partial charge in [-0.3, -0.25) is 24.1 Å². The quantitative estimate of drug-likeness (QED) is 0.181. The van der Waals surface area contributed by atoms with E-state index in [2.05, 4.69) is 5.32 Å². The van der Waals surface area contributed by atoms with E-state index in [4.69, 9.17) is 24.1 Å². The molecule has 31 heavy (non-hydrogen) atoms. The number of ether oxygens (including phenoxy) is 4. The van der Waals surface area contributed by atoms with Crippen LogP contribution < -0.4 is 5.32 Å². The minimum Gasteiger partial charge on any atom is -0.465 e. The molecule has 0 saturated carbocycles. The molecule has 0 aromatic rings. The molecular weight excluding hydrogens is 412 g/mol. The van der Waals surface area contributed by atoms with Gasteiger partial charge in [-0.25, -0.2) is 0 Å². The molecule has 0 fully saturated rings. The van der Waals surface area contributed by atoms with Crippen LogP contribution in [0.25, 0.3) is 0 Å². The molecule has 0 bridgehead atoms. The highest BCUT2D eigenvalue weighted by Crippen LogP contribution is 1.96. The van der Waals surface area contributed by atoms with Crippen LogP contribution in [0.1, 0.15) is 33.1 Å². The first-order chi connectivity index (χ1) is 14.8. The lowest BCUT2D eigenvalue weighted by Gasteiger charge is -2.20. The van der Waals surface area contributed by atoms with Gasteiger partial charge in [-0.05, 0) is 13.3 Å². The second kappa shape index (κ2) is 19.9. The lowest BCUT2D eigenvalue weighted by Crippen LogP contribution is -2.35. The van der Waals surface area contributed by atoms with Crippen molar-refractivity contribution < 1.29 is 43.2 Å². The van der Waals surface area contributed by atoms with E-state index in [0.717, 1.165) is 0 Å². The molecule has 0 heterocycles. The van der Waals surface area contributed by atoms with E-state index >= 15 is 0 Å². The molecule has 0 saturated heterocycles. The summed E-state index contributed by atoms with van der Waals surface area (Å²) in [5.41, 5.74) is 0. The largest absolute Gasteiger partial charge is 0.465 e. The molecular formula is C20H36N2O9. The Labute approximate surface area is 183 Å². The van der Waals surface area contributed by atoms with Crippen LogP contribution in [0, 0.1) is 0 Å². The standard InChI is InChI=1S/C20H36N2O9/c1-17(24)16-22(7-12-30-18(2)25)8-13-31-20(27)4-3-10-28-14-15-29-11-6-21-19(26)5-9-23/h23H,3-16H2,1-2H3,(H,21,26). The van der Waals surface area contributed by atoms with Crippen LogP contribution in [0.3, 0.4) is 0 Å². The van der Waals surface area contributed by atoms with Crippen molar-refractivity contribution in [2.75, 3.05) is 72.4 Å². The van der Waals surface area contributed by atoms with Gasteiger partial charge in [-0.15, -0.1) is 0 Å². The summed E-state index contributed by atoms with van der Waals surface area (Å²) in [6.07, 6.45) is 0.815. The second-order valence-electron chi connectivity index (χ2n) is 6.69. The maximum atomic E-state index is 11.8. The lowest BCUT2D eigenvalue weighted by molar-refractivity contribution is -0.144. The zero-order valence-corrected chi connectivity index (χ0v) is 18.6. The number of esters is 2. The number of hydrogen-bond acceptors (Lipinski definition) is 10. The van der Waals surface area contributed by atoms with E-state index < -0.39 is 0 Å². The van der Waals surface area contributed by atoms with Crippen molar-refractivity contribution in [2.24, 2.45) is 0 Å². The molecule has 11 heteroatoms. The van der Waals surface area contributed by atoms with Crippen molar-refractivity contribution in [1.82, 2.24) is 10.2 Å². The smallest absolute Gasteiger partial charge is 0.305 e. The van der Waals surface area contributed by atoms with Gasteiger partial charge in [0.2, 0.25) is 5.91 Å². The Balaban J connectivity index is 3.63. The fourth-order valence-corrected chi connectivity index (χ4v) is 2.36. The first kappa shape index (κ1) is 28.9. The Morgan fingerprint density at radius 3 is 2.10 bits per heavy atom. The van der Waals surface area contributed by atoms with Gasteiger partial charge in [-0.1, -0.05) is 0 Å². The first-order valence-electron chi connectivity index (χ1n) is 10.4. The average Bonchev–Trinajstić information content (AvgIpc) is 2.68. The molecule has 0 atom stereocenters. The molecule has 0 aromatic heterocycles. The number of aliphatic hydroxyl groups excluding tert-OH is 1. The first-order valence-corrected chi connectivity index (χ1v) is 10.4. The molecule has 0 aliphatic rings. The minimum atomic E-state index is -0.384. The van der Waals surface area contributed by atoms with Crippen LogP contribution in [0.5, 0.6) is 0 Å². The Kier molecular flexibility index (Phi) is 18.5. The zero-order chi connectivity index (χ0) is 23.3. The van der Waals surface area contributed by atoms with Crippen molar-refractivity contribution in [3.63, 3.8) is 0 Å². The van der Waals surface area contributed by atoms with Gasteiger partial charge < -0.3 is 29.4 Å². The maximum Gasteiger partial charge on any atom is 0.305 e. The van der Waals surface area contributed by atoms with Gasteiger partial charge in [0.1, 0.15) is 19.0 Å². The molecule has 180 valence electrons. The summed E-state index contributed by atoms with van der Waals surface area (Å²) in [5.74, 6) is -0.975. The van der Waals surface area contributed by atoms with Crippen LogP contribution >= 0.6 is 0 Å². The minimum absolute atomic E-state index is 0.0262. The average molecular weight is 449 g/mol. The number of carbonyl (C=O) groups is 4. The number of nitrogens with one attached hydrogen (secondary N) is 1. The van der Waals surface area contributed by atoms with Crippen molar-refractivity contribution in [2.45, 2.75) is 33.1 Å². The van der Waals surface area contributed by atoms with Crippen molar-refractivity contribution in [1.29, 1.82) is 0 Å².